The molecule has 0 aliphatic carbocycles. The van der Waals surface area contributed by atoms with Gasteiger partial charge in [0.05, 0.1) is 10.9 Å². The topological polar surface area (TPSA) is 72.2 Å². The van der Waals surface area contributed by atoms with Crippen LogP contribution in [-0.4, -0.2) is 20.6 Å². The average Bonchev–Trinajstić information content (AvgIpc) is 3.08. The Morgan fingerprint density at radius 3 is 2.83 bits per heavy atom. The van der Waals surface area contributed by atoms with Crippen LogP contribution in [0.2, 0.25) is 0 Å². The molecule has 0 aliphatic rings. The predicted octanol–water partition coefficient (Wildman–Crippen LogP) is 3.49. The summed E-state index contributed by atoms with van der Waals surface area (Å²) in [5.41, 5.74) is 1.54. The lowest BCUT2D eigenvalue weighted by atomic mass is 10.2. The number of para-hydroxylation sites is 1. The molecule has 122 valence electrons. The van der Waals surface area contributed by atoms with Gasteiger partial charge >= 0.3 is 5.97 Å². The van der Waals surface area contributed by atoms with E-state index < -0.39 is 5.97 Å². The molecule has 0 fully saturated rings. The zero-order valence-electron chi connectivity index (χ0n) is 12.9. The van der Waals surface area contributed by atoms with E-state index in [1.165, 1.54) is 0 Å². The van der Waals surface area contributed by atoms with Crippen LogP contribution in [-0.2, 0) is 11.3 Å². The molecule has 0 amide bonds. The van der Waals surface area contributed by atoms with Gasteiger partial charge in [0.25, 0.3) is 5.56 Å². The molecule has 6 heteroatoms. The van der Waals surface area contributed by atoms with E-state index in [1.807, 2.05) is 29.0 Å². The molecular weight excluding hydrogens is 324 g/mol. The number of hydrogen-bond acceptors (Lipinski definition) is 4. The zero-order chi connectivity index (χ0) is 16.9. The van der Waals surface area contributed by atoms with Crippen molar-refractivity contribution in [2.24, 2.45) is 0 Å². The monoisotopic (exact) mass is 340 g/mol. The van der Waals surface area contributed by atoms with Gasteiger partial charge in [-0.25, -0.2) is 4.98 Å². The van der Waals surface area contributed by atoms with Crippen LogP contribution in [0.1, 0.15) is 24.2 Å². The fraction of sp³-hybridized carbons (Fsp3) is 0.167. The molecule has 0 bridgehead atoms. The Balaban J connectivity index is 2.03. The van der Waals surface area contributed by atoms with Gasteiger partial charge in [0.15, 0.2) is 0 Å². The van der Waals surface area contributed by atoms with E-state index in [0.29, 0.717) is 29.7 Å². The maximum Gasteiger partial charge on any atom is 0.303 e. The molecule has 0 saturated heterocycles. The van der Waals surface area contributed by atoms with Gasteiger partial charge in [-0.15, -0.1) is 0 Å². The molecule has 2 heterocycles. The first kappa shape index (κ1) is 16.1. The molecule has 2 aromatic heterocycles. The average molecular weight is 340 g/mol. The van der Waals surface area contributed by atoms with E-state index in [2.05, 4.69) is 4.98 Å². The molecule has 3 rings (SSSR count). The highest BCUT2D eigenvalue weighted by Crippen LogP contribution is 2.13. The summed E-state index contributed by atoms with van der Waals surface area (Å²) in [6.45, 7) is 0.326. The van der Waals surface area contributed by atoms with Crippen molar-refractivity contribution < 1.29 is 9.90 Å². The molecule has 5 nitrogen and oxygen atoms in total. The minimum atomic E-state index is -0.868. The summed E-state index contributed by atoms with van der Waals surface area (Å²) < 4.78 is 1.55. The fourth-order valence-corrected chi connectivity index (χ4v) is 3.09. The van der Waals surface area contributed by atoms with Gasteiger partial charge in [-0.2, -0.15) is 11.3 Å². The summed E-state index contributed by atoms with van der Waals surface area (Å²) in [5, 5.41) is 13.3. The quantitative estimate of drug-likeness (QED) is 0.745. The molecule has 0 spiro atoms. The van der Waals surface area contributed by atoms with Gasteiger partial charge in [0.1, 0.15) is 5.82 Å². The Kier molecular flexibility index (Phi) is 4.86. The Morgan fingerprint density at radius 1 is 1.25 bits per heavy atom. The van der Waals surface area contributed by atoms with Crippen molar-refractivity contribution >= 4 is 40.4 Å². The third-order valence-electron chi connectivity index (χ3n) is 3.63. The molecule has 1 N–H and O–H groups in total. The minimum Gasteiger partial charge on any atom is -0.481 e. The van der Waals surface area contributed by atoms with Crippen LogP contribution >= 0.6 is 11.3 Å². The largest absolute Gasteiger partial charge is 0.481 e. The van der Waals surface area contributed by atoms with Crippen LogP contribution in [0.5, 0.6) is 0 Å². The molecule has 0 aliphatic heterocycles. The van der Waals surface area contributed by atoms with Crippen molar-refractivity contribution in [1.29, 1.82) is 0 Å². The van der Waals surface area contributed by atoms with Crippen LogP contribution in [0, 0.1) is 0 Å². The highest BCUT2D eigenvalue weighted by atomic mass is 32.1. The van der Waals surface area contributed by atoms with Gasteiger partial charge in [-0.1, -0.05) is 18.2 Å². The number of benzene rings is 1. The minimum absolute atomic E-state index is 0.0208. The second-order valence-electron chi connectivity index (χ2n) is 5.33. The SMILES string of the molecule is O=C(O)CCCn1c(/C=C\c2ccsc2)nc2ccccc2c1=O. The maximum atomic E-state index is 12.7. The first-order valence-electron chi connectivity index (χ1n) is 7.57. The van der Waals surface area contributed by atoms with Gasteiger partial charge in [0.2, 0.25) is 0 Å². The molecule has 0 saturated carbocycles. The van der Waals surface area contributed by atoms with Gasteiger partial charge in [-0.3, -0.25) is 14.2 Å². The number of carbonyl (C=O) groups is 1. The fourth-order valence-electron chi connectivity index (χ4n) is 2.46. The Labute approximate surface area is 142 Å². The van der Waals surface area contributed by atoms with Crippen LogP contribution < -0.4 is 5.56 Å². The number of fused-ring (bicyclic) bond motifs is 1. The van der Waals surface area contributed by atoms with E-state index >= 15 is 0 Å². The van der Waals surface area contributed by atoms with E-state index in [1.54, 1.807) is 40.2 Å². The van der Waals surface area contributed by atoms with Crippen LogP contribution in [0.4, 0.5) is 0 Å². The van der Waals surface area contributed by atoms with E-state index in [4.69, 9.17) is 5.11 Å². The number of aromatic nitrogens is 2. The second-order valence-corrected chi connectivity index (χ2v) is 6.11. The number of rotatable bonds is 6. The summed E-state index contributed by atoms with van der Waals surface area (Å²) in [6, 6.07) is 9.17. The number of thiophene rings is 1. The predicted molar refractivity (Wildman–Crippen MR) is 96.1 cm³/mol. The first-order valence-corrected chi connectivity index (χ1v) is 8.51. The van der Waals surface area contributed by atoms with Crippen molar-refractivity contribution in [2.45, 2.75) is 19.4 Å². The van der Waals surface area contributed by atoms with Crippen LogP contribution in [0.3, 0.4) is 0 Å². The lowest BCUT2D eigenvalue weighted by molar-refractivity contribution is -0.137. The molecule has 0 atom stereocenters. The highest BCUT2D eigenvalue weighted by Gasteiger charge is 2.09. The van der Waals surface area contributed by atoms with Crippen molar-refractivity contribution in [1.82, 2.24) is 9.55 Å². The molecule has 0 radical (unpaired) electrons. The Hall–Kier alpha value is -2.73. The van der Waals surface area contributed by atoms with Gasteiger partial charge < -0.3 is 5.11 Å². The van der Waals surface area contributed by atoms with Gasteiger partial charge in [0, 0.05) is 13.0 Å². The van der Waals surface area contributed by atoms with Crippen molar-refractivity contribution in [3.05, 3.63) is 62.8 Å². The highest BCUT2D eigenvalue weighted by molar-refractivity contribution is 7.08. The summed E-state index contributed by atoms with van der Waals surface area (Å²) >= 11 is 1.60. The molecule has 0 unspecified atom stereocenters. The smallest absolute Gasteiger partial charge is 0.303 e. The summed E-state index contributed by atoms with van der Waals surface area (Å²) in [4.78, 5) is 28.0. The normalized spacial score (nSPS) is 11.3. The lowest BCUT2D eigenvalue weighted by Crippen LogP contribution is -2.24. The van der Waals surface area contributed by atoms with Crippen LogP contribution in [0.25, 0.3) is 23.1 Å². The molecule has 24 heavy (non-hydrogen) atoms. The van der Waals surface area contributed by atoms with E-state index in [9.17, 15) is 9.59 Å². The maximum absolute atomic E-state index is 12.7. The summed E-state index contributed by atoms with van der Waals surface area (Å²) in [7, 11) is 0. The second kappa shape index (κ2) is 7.23. The summed E-state index contributed by atoms with van der Waals surface area (Å²) in [5.74, 6) is -0.331. The van der Waals surface area contributed by atoms with E-state index in [-0.39, 0.29) is 12.0 Å². The first-order chi connectivity index (χ1) is 11.6. The van der Waals surface area contributed by atoms with Crippen molar-refractivity contribution in [3.8, 4) is 0 Å². The third-order valence-corrected chi connectivity index (χ3v) is 4.33. The van der Waals surface area contributed by atoms with E-state index in [0.717, 1.165) is 5.56 Å². The number of carboxylic acid groups (broad SMARTS) is 1. The number of nitrogens with zero attached hydrogens (tertiary/aromatic N) is 2. The van der Waals surface area contributed by atoms with Crippen molar-refractivity contribution in [3.63, 3.8) is 0 Å². The standard InChI is InChI=1S/C18H16N2O3S/c21-17(22)6-3-10-20-16(8-7-13-9-11-24-12-13)19-15-5-2-1-4-14(15)18(20)23/h1-2,4-5,7-9,11-12H,3,6,10H2,(H,21,22)/b8-7-. The van der Waals surface area contributed by atoms with Gasteiger partial charge in [-0.05, 0) is 47.0 Å². The van der Waals surface area contributed by atoms with Crippen LogP contribution in [0.15, 0.2) is 45.9 Å². The number of carboxylic acids is 1. The molecular formula is C18H16N2O3S. The van der Waals surface area contributed by atoms with Crippen molar-refractivity contribution in [2.75, 3.05) is 0 Å². The number of hydrogen-bond donors (Lipinski definition) is 1. The Bertz CT molecular complexity index is 943. The molecule has 3 aromatic rings. The molecule has 1 aromatic carbocycles. The lowest BCUT2D eigenvalue weighted by Gasteiger charge is -2.10. The zero-order valence-corrected chi connectivity index (χ0v) is 13.7. The number of aliphatic carboxylic acids is 1. The third kappa shape index (κ3) is 3.60. The summed E-state index contributed by atoms with van der Waals surface area (Å²) in [6.07, 6.45) is 4.11. The Morgan fingerprint density at radius 2 is 2.08 bits per heavy atom.